The van der Waals surface area contributed by atoms with Crippen LogP contribution in [0.15, 0.2) is 53.6 Å². The van der Waals surface area contributed by atoms with Gasteiger partial charge in [-0.1, -0.05) is 36.7 Å². The summed E-state index contributed by atoms with van der Waals surface area (Å²) in [5, 5.41) is 3.67. The standard InChI is InChI=1S/C27H26ClN3O5S/c1-3-17-5-4-6-21-19(14-30(25(17)21)16-24(33)29-11-12-36-2)13-23-26(34)31(27(35)37-23)15-22(32)18-7-9-20(28)10-8-18/h4-10,13-14H,3,11-12,15-16H2,1-2H3,(H,29,33)/b23-13-. The summed E-state index contributed by atoms with van der Waals surface area (Å²) in [4.78, 5) is 52.1. The van der Waals surface area contributed by atoms with Gasteiger partial charge in [0.2, 0.25) is 5.91 Å². The maximum Gasteiger partial charge on any atom is 0.293 e. The lowest BCUT2D eigenvalue weighted by atomic mass is 10.1. The summed E-state index contributed by atoms with van der Waals surface area (Å²) < 4.78 is 6.85. The normalized spacial score (nSPS) is 14.7. The van der Waals surface area contributed by atoms with Crippen molar-refractivity contribution in [3.8, 4) is 0 Å². The molecule has 3 amide bonds. The predicted octanol–water partition coefficient (Wildman–Crippen LogP) is 4.54. The number of imide groups is 1. The number of carbonyl (C=O) groups excluding carboxylic acids is 4. The summed E-state index contributed by atoms with van der Waals surface area (Å²) in [5.74, 6) is -1.04. The SMILES string of the molecule is CCc1cccc2c(/C=C3\SC(=O)N(CC(=O)c4ccc(Cl)cc4)C3=O)cn(CC(=O)NCCOC)c12. The monoisotopic (exact) mass is 539 g/mol. The summed E-state index contributed by atoms with van der Waals surface area (Å²) >= 11 is 6.67. The van der Waals surface area contributed by atoms with Gasteiger partial charge in [-0.25, -0.2) is 0 Å². The number of carbonyl (C=O) groups is 4. The Labute approximate surface area is 223 Å². The number of rotatable bonds is 10. The van der Waals surface area contributed by atoms with Crippen molar-refractivity contribution < 1.29 is 23.9 Å². The van der Waals surface area contributed by atoms with Crippen molar-refractivity contribution in [3.63, 3.8) is 0 Å². The van der Waals surface area contributed by atoms with E-state index in [1.807, 2.05) is 35.9 Å². The van der Waals surface area contributed by atoms with Crippen molar-refractivity contribution >= 4 is 63.2 Å². The van der Waals surface area contributed by atoms with E-state index in [2.05, 4.69) is 5.32 Å². The van der Waals surface area contributed by atoms with Gasteiger partial charge in [0.1, 0.15) is 6.54 Å². The lowest BCUT2D eigenvalue weighted by Crippen LogP contribution is -2.33. The number of para-hydroxylation sites is 1. The van der Waals surface area contributed by atoms with E-state index in [1.165, 1.54) is 0 Å². The highest BCUT2D eigenvalue weighted by molar-refractivity contribution is 8.18. The molecule has 1 saturated heterocycles. The number of aryl methyl sites for hydroxylation is 1. The van der Waals surface area contributed by atoms with Crippen LogP contribution in [0.2, 0.25) is 5.02 Å². The first kappa shape index (κ1) is 26.7. The zero-order valence-electron chi connectivity index (χ0n) is 20.5. The van der Waals surface area contributed by atoms with E-state index in [0.29, 0.717) is 29.3 Å². The molecular formula is C27H26ClN3O5S. The highest BCUT2D eigenvalue weighted by Gasteiger charge is 2.36. The number of hydrogen-bond acceptors (Lipinski definition) is 6. The summed E-state index contributed by atoms with van der Waals surface area (Å²) in [6.45, 7) is 2.60. The van der Waals surface area contributed by atoms with Gasteiger partial charge in [0, 0.05) is 41.4 Å². The van der Waals surface area contributed by atoms with Gasteiger partial charge in [-0.3, -0.25) is 24.1 Å². The van der Waals surface area contributed by atoms with Gasteiger partial charge < -0.3 is 14.6 Å². The van der Waals surface area contributed by atoms with Crippen LogP contribution in [0.4, 0.5) is 4.79 Å². The van der Waals surface area contributed by atoms with Crippen LogP contribution in [-0.4, -0.2) is 59.1 Å². The predicted molar refractivity (Wildman–Crippen MR) is 145 cm³/mol. The number of Topliss-reactive ketones (excluding diaryl/α,β-unsaturated/α-hetero) is 1. The second-order valence-electron chi connectivity index (χ2n) is 8.42. The Morgan fingerprint density at radius 1 is 1.11 bits per heavy atom. The molecule has 1 aliphatic heterocycles. The van der Waals surface area contributed by atoms with Gasteiger partial charge >= 0.3 is 0 Å². The van der Waals surface area contributed by atoms with Gasteiger partial charge in [-0.2, -0.15) is 0 Å². The zero-order valence-corrected chi connectivity index (χ0v) is 22.0. The fourth-order valence-corrected chi connectivity index (χ4v) is 5.10. The van der Waals surface area contributed by atoms with Crippen molar-refractivity contribution in [1.29, 1.82) is 0 Å². The van der Waals surface area contributed by atoms with E-state index in [-0.39, 0.29) is 29.7 Å². The Bertz CT molecular complexity index is 1400. The fourth-order valence-electron chi connectivity index (χ4n) is 4.14. The maximum atomic E-state index is 13.1. The molecule has 0 atom stereocenters. The molecule has 3 aromatic rings. The second kappa shape index (κ2) is 11.8. The number of thioether (sulfide) groups is 1. The lowest BCUT2D eigenvalue weighted by Gasteiger charge is -2.11. The summed E-state index contributed by atoms with van der Waals surface area (Å²) in [7, 11) is 1.57. The number of ether oxygens (including phenoxy) is 1. The van der Waals surface area contributed by atoms with Crippen LogP contribution in [0, 0.1) is 0 Å². The number of ketones is 1. The topological polar surface area (TPSA) is 97.7 Å². The van der Waals surface area contributed by atoms with Gasteiger partial charge in [0.15, 0.2) is 5.78 Å². The zero-order chi connectivity index (χ0) is 26.5. The average molecular weight is 540 g/mol. The van der Waals surface area contributed by atoms with Crippen LogP contribution < -0.4 is 5.32 Å². The van der Waals surface area contributed by atoms with Gasteiger partial charge in [-0.15, -0.1) is 0 Å². The molecule has 1 aromatic heterocycles. The number of hydrogen-bond donors (Lipinski definition) is 1. The Hall–Kier alpha value is -3.40. The molecule has 2 heterocycles. The molecule has 0 bridgehead atoms. The molecule has 8 nitrogen and oxygen atoms in total. The number of halogens is 1. The van der Waals surface area contributed by atoms with Crippen LogP contribution in [0.5, 0.6) is 0 Å². The van der Waals surface area contributed by atoms with Crippen molar-refractivity contribution in [3.05, 3.63) is 75.3 Å². The summed E-state index contributed by atoms with van der Waals surface area (Å²) in [6.07, 6.45) is 4.22. The van der Waals surface area contributed by atoms with Gasteiger partial charge in [-0.05, 0) is 54.1 Å². The Balaban J connectivity index is 1.60. The minimum atomic E-state index is -0.526. The highest BCUT2D eigenvalue weighted by Crippen LogP contribution is 2.35. The molecule has 192 valence electrons. The van der Waals surface area contributed by atoms with E-state index in [9.17, 15) is 19.2 Å². The van der Waals surface area contributed by atoms with Crippen molar-refractivity contribution in [2.75, 3.05) is 26.8 Å². The molecule has 4 rings (SSSR count). The van der Waals surface area contributed by atoms with E-state index in [4.69, 9.17) is 16.3 Å². The molecule has 10 heteroatoms. The smallest absolute Gasteiger partial charge is 0.293 e. The highest BCUT2D eigenvalue weighted by atomic mass is 35.5. The van der Waals surface area contributed by atoms with E-state index in [0.717, 1.165) is 39.5 Å². The number of amides is 3. The minimum absolute atomic E-state index is 0.0993. The number of fused-ring (bicyclic) bond motifs is 1. The molecule has 1 fully saturated rings. The maximum absolute atomic E-state index is 13.1. The lowest BCUT2D eigenvalue weighted by molar-refractivity contribution is -0.123. The molecule has 0 unspecified atom stereocenters. The first-order valence-electron chi connectivity index (χ1n) is 11.7. The van der Waals surface area contributed by atoms with Crippen molar-refractivity contribution in [2.24, 2.45) is 0 Å². The largest absolute Gasteiger partial charge is 0.383 e. The van der Waals surface area contributed by atoms with Crippen molar-refractivity contribution in [2.45, 2.75) is 19.9 Å². The molecule has 0 saturated carbocycles. The van der Waals surface area contributed by atoms with Crippen LogP contribution in [0.25, 0.3) is 17.0 Å². The molecule has 2 aromatic carbocycles. The Kier molecular flexibility index (Phi) is 8.48. The first-order chi connectivity index (χ1) is 17.8. The number of nitrogens with one attached hydrogen (secondary N) is 1. The number of methoxy groups -OCH3 is 1. The quantitative estimate of drug-likeness (QED) is 0.231. The molecule has 1 aliphatic rings. The van der Waals surface area contributed by atoms with Gasteiger partial charge in [0.25, 0.3) is 11.1 Å². The van der Waals surface area contributed by atoms with E-state index >= 15 is 0 Å². The molecular weight excluding hydrogens is 514 g/mol. The van der Waals surface area contributed by atoms with E-state index in [1.54, 1.807) is 37.5 Å². The van der Waals surface area contributed by atoms with Crippen LogP contribution >= 0.6 is 23.4 Å². The van der Waals surface area contributed by atoms with Gasteiger partial charge in [0.05, 0.1) is 23.6 Å². The summed E-state index contributed by atoms with van der Waals surface area (Å²) in [6, 6.07) is 12.1. The molecule has 0 radical (unpaired) electrons. The summed E-state index contributed by atoms with van der Waals surface area (Å²) in [5.41, 5.74) is 3.04. The first-order valence-corrected chi connectivity index (χ1v) is 12.9. The Morgan fingerprint density at radius 3 is 2.57 bits per heavy atom. The Morgan fingerprint density at radius 2 is 1.86 bits per heavy atom. The minimum Gasteiger partial charge on any atom is -0.383 e. The van der Waals surface area contributed by atoms with Crippen LogP contribution in [0.1, 0.15) is 28.4 Å². The third-order valence-corrected chi connectivity index (χ3v) is 7.12. The molecule has 1 N–H and O–H groups in total. The third kappa shape index (κ3) is 5.95. The van der Waals surface area contributed by atoms with Crippen molar-refractivity contribution in [1.82, 2.24) is 14.8 Å². The number of aromatic nitrogens is 1. The van der Waals surface area contributed by atoms with Crippen LogP contribution in [-0.2, 0) is 27.3 Å². The van der Waals surface area contributed by atoms with Crippen LogP contribution in [0.3, 0.4) is 0 Å². The molecule has 0 spiro atoms. The number of nitrogens with zero attached hydrogens (tertiary/aromatic N) is 2. The van der Waals surface area contributed by atoms with E-state index < -0.39 is 11.1 Å². The molecule has 0 aliphatic carbocycles. The number of benzene rings is 2. The third-order valence-electron chi connectivity index (χ3n) is 5.96. The molecule has 37 heavy (non-hydrogen) atoms. The fraction of sp³-hybridized carbons (Fsp3) is 0.259. The average Bonchev–Trinajstić information content (AvgIpc) is 3.36. The second-order valence-corrected chi connectivity index (χ2v) is 9.85.